The fourth-order valence-electron chi connectivity index (χ4n) is 1.17. The Labute approximate surface area is 104 Å². The predicted molar refractivity (Wildman–Crippen MR) is 63.0 cm³/mol. The van der Waals surface area contributed by atoms with Crippen LogP contribution >= 0.6 is 11.6 Å². The minimum Gasteiger partial charge on any atom is -0.481 e. The second-order valence-electron chi connectivity index (χ2n) is 3.64. The third kappa shape index (κ3) is 4.03. The van der Waals surface area contributed by atoms with E-state index in [9.17, 15) is 9.59 Å². The van der Waals surface area contributed by atoms with Crippen LogP contribution in [-0.2, 0) is 4.79 Å². The van der Waals surface area contributed by atoms with Gasteiger partial charge in [0.25, 0.3) is 5.91 Å². The number of pyridine rings is 1. The molecule has 0 aliphatic heterocycles. The minimum absolute atomic E-state index is 0.289. The van der Waals surface area contributed by atoms with Gasteiger partial charge >= 0.3 is 5.97 Å². The summed E-state index contributed by atoms with van der Waals surface area (Å²) >= 11 is 5.82. The fourth-order valence-corrected chi connectivity index (χ4v) is 1.36. The number of aromatic nitrogens is 1. The van der Waals surface area contributed by atoms with Gasteiger partial charge in [0.1, 0.15) is 0 Å². The molecule has 92 valence electrons. The van der Waals surface area contributed by atoms with Crippen molar-refractivity contribution in [3.8, 4) is 0 Å². The predicted octanol–water partition coefficient (Wildman–Crippen LogP) is 1.58. The van der Waals surface area contributed by atoms with Crippen molar-refractivity contribution in [2.45, 2.75) is 13.3 Å². The first kappa shape index (κ1) is 13.4. The van der Waals surface area contributed by atoms with Gasteiger partial charge in [0.15, 0.2) is 0 Å². The number of hydrogen-bond acceptors (Lipinski definition) is 3. The number of carbonyl (C=O) groups excluding carboxylic acids is 1. The summed E-state index contributed by atoms with van der Waals surface area (Å²) in [6.07, 6.45) is 3.24. The zero-order valence-electron chi connectivity index (χ0n) is 9.31. The van der Waals surface area contributed by atoms with Crippen LogP contribution in [0.3, 0.4) is 0 Å². The number of nitrogens with one attached hydrogen (secondary N) is 1. The molecule has 0 saturated carbocycles. The Morgan fingerprint density at radius 2 is 2.29 bits per heavy atom. The van der Waals surface area contributed by atoms with E-state index >= 15 is 0 Å². The average Bonchev–Trinajstić information content (AvgIpc) is 2.29. The van der Waals surface area contributed by atoms with Crippen LogP contribution in [0.1, 0.15) is 23.7 Å². The number of carboxylic acids is 1. The van der Waals surface area contributed by atoms with E-state index in [1.54, 1.807) is 6.92 Å². The van der Waals surface area contributed by atoms with E-state index in [1.807, 2.05) is 0 Å². The Balaban J connectivity index is 2.46. The smallest absolute Gasteiger partial charge is 0.306 e. The van der Waals surface area contributed by atoms with Crippen LogP contribution < -0.4 is 5.32 Å². The maximum atomic E-state index is 11.6. The van der Waals surface area contributed by atoms with E-state index in [0.29, 0.717) is 11.4 Å². The Bertz CT molecular complexity index is 423. The Kier molecular flexibility index (Phi) is 4.90. The molecule has 0 fully saturated rings. The van der Waals surface area contributed by atoms with Crippen LogP contribution in [0.4, 0.5) is 0 Å². The summed E-state index contributed by atoms with van der Waals surface area (Å²) in [6, 6.07) is 1.52. The lowest BCUT2D eigenvalue weighted by Crippen LogP contribution is -2.27. The molecule has 1 aromatic rings. The molecule has 0 aromatic carbocycles. The van der Waals surface area contributed by atoms with Gasteiger partial charge < -0.3 is 10.4 Å². The molecule has 1 atom stereocenters. The van der Waals surface area contributed by atoms with Gasteiger partial charge in [-0.25, -0.2) is 0 Å². The van der Waals surface area contributed by atoms with E-state index in [0.717, 1.165) is 0 Å². The normalized spacial score (nSPS) is 11.9. The van der Waals surface area contributed by atoms with Crippen LogP contribution in [0.5, 0.6) is 0 Å². The molecule has 5 nitrogen and oxygen atoms in total. The van der Waals surface area contributed by atoms with Crippen molar-refractivity contribution in [3.63, 3.8) is 0 Å². The second-order valence-corrected chi connectivity index (χ2v) is 4.05. The van der Waals surface area contributed by atoms with E-state index in [1.165, 1.54) is 18.5 Å². The molecule has 0 aliphatic rings. The van der Waals surface area contributed by atoms with Crippen LogP contribution in [0.15, 0.2) is 18.5 Å². The average molecular weight is 257 g/mol. The molecular weight excluding hydrogens is 244 g/mol. The van der Waals surface area contributed by atoms with E-state index in [4.69, 9.17) is 16.7 Å². The van der Waals surface area contributed by atoms with E-state index in [-0.39, 0.29) is 18.0 Å². The third-order valence-electron chi connectivity index (χ3n) is 2.30. The molecule has 17 heavy (non-hydrogen) atoms. The number of carbonyl (C=O) groups is 2. The van der Waals surface area contributed by atoms with Gasteiger partial charge in [-0.15, -0.1) is 0 Å². The van der Waals surface area contributed by atoms with Gasteiger partial charge in [-0.2, -0.15) is 0 Å². The number of carboxylic acid groups (broad SMARTS) is 1. The molecule has 0 bridgehead atoms. The quantitative estimate of drug-likeness (QED) is 0.838. The van der Waals surface area contributed by atoms with Gasteiger partial charge in [-0.1, -0.05) is 18.5 Å². The van der Waals surface area contributed by atoms with Gasteiger partial charge in [0, 0.05) is 18.9 Å². The molecule has 1 heterocycles. The highest BCUT2D eigenvalue weighted by Gasteiger charge is 2.13. The largest absolute Gasteiger partial charge is 0.481 e. The van der Waals surface area contributed by atoms with Crippen molar-refractivity contribution in [3.05, 3.63) is 29.0 Å². The maximum absolute atomic E-state index is 11.6. The topological polar surface area (TPSA) is 79.3 Å². The molecule has 2 N–H and O–H groups in total. The number of amides is 1. The molecule has 0 spiro atoms. The Morgan fingerprint density at radius 1 is 1.59 bits per heavy atom. The molecule has 6 heteroatoms. The zero-order chi connectivity index (χ0) is 12.8. The summed E-state index contributed by atoms with van der Waals surface area (Å²) in [5, 5.41) is 11.6. The SMILES string of the molecule is CC(CCNC(=O)c1cnccc1Cl)C(=O)O. The maximum Gasteiger partial charge on any atom is 0.306 e. The number of nitrogens with zero attached hydrogens (tertiary/aromatic N) is 1. The summed E-state index contributed by atoms with van der Waals surface area (Å²) in [4.78, 5) is 26.0. The summed E-state index contributed by atoms with van der Waals surface area (Å²) in [7, 11) is 0. The van der Waals surface area contributed by atoms with Crippen molar-refractivity contribution >= 4 is 23.5 Å². The van der Waals surface area contributed by atoms with E-state index < -0.39 is 11.9 Å². The molecule has 1 rings (SSSR count). The monoisotopic (exact) mass is 256 g/mol. The lowest BCUT2D eigenvalue weighted by Gasteiger charge is -2.08. The number of hydrogen-bond donors (Lipinski definition) is 2. The molecule has 0 saturated heterocycles. The summed E-state index contributed by atoms with van der Waals surface area (Å²) in [5.41, 5.74) is 0.289. The Morgan fingerprint density at radius 3 is 2.88 bits per heavy atom. The Hall–Kier alpha value is -1.62. The van der Waals surface area contributed by atoms with Gasteiger partial charge in [0.05, 0.1) is 16.5 Å². The van der Waals surface area contributed by atoms with Gasteiger partial charge in [-0.05, 0) is 12.5 Å². The lowest BCUT2D eigenvalue weighted by molar-refractivity contribution is -0.141. The van der Waals surface area contributed by atoms with Crippen molar-refractivity contribution in [1.82, 2.24) is 10.3 Å². The lowest BCUT2D eigenvalue weighted by atomic mass is 10.1. The molecule has 1 aromatic heterocycles. The van der Waals surface area contributed by atoms with Crippen LogP contribution in [-0.4, -0.2) is 28.5 Å². The number of halogens is 1. The molecule has 1 unspecified atom stereocenters. The fraction of sp³-hybridized carbons (Fsp3) is 0.364. The highest BCUT2D eigenvalue weighted by molar-refractivity contribution is 6.33. The standard InChI is InChI=1S/C11H13ClN2O3/c1-7(11(16)17)2-5-14-10(15)8-6-13-4-3-9(8)12/h3-4,6-7H,2,5H2,1H3,(H,14,15)(H,16,17). The van der Waals surface area contributed by atoms with Crippen molar-refractivity contribution < 1.29 is 14.7 Å². The molecule has 1 amide bonds. The first-order valence-corrected chi connectivity index (χ1v) is 5.50. The van der Waals surface area contributed by atoms with Gasteiger partial charge in [-0.3, -0.25) is 14.6 Å². The van der Waals surface area contributed by atoms with E-state index in [2.05, 4.69) is 10.3 Å². The minimum atomic E-state index is -0.876. The highest BCUT2D eigenvalue weighted by atomic mass is 35.5. The number of aliphatic carboxylic acids is 1. The van der Waals surface area contributed by atoms with Gasteiger partial charge in [0.2, 0.25) is 0 Å². The van der Waals surface area contributed by atoms with Crippen molar-refractivity contribution in [2.24, 2.45) is 5.92 Å². The molecule has 0 aliphatic carbocycles. The zero-order valence-corrected chi connectivity index (χ0v) is 10.1. The summed E-state index contributed by atoms with van der Waals surface area (Å²) in [5.74, 6) is -1.71. The van der Waals surface area contributed by atoms with Crippen molar-refractivity contribution in [1.29, 1.82) is 0 Å². The molecular formula is C11H13ClN2O3. The van der Waals surface area contributed by atoms with Crippen LogP contribution in [0.2, 0.25) is 5.02 Å². The third-order valence-corrected chi connectivity index (χ3v) is 2.63. The second kappa shape index (κ2) is 6.20. The highest BCUT2D eigenvalue weighted by Crippen LogP contribution is 2.13. The molecule has 0 radical (unpaired) electrons. The number of rotatable bonds is 5. The van der Waals surface area contributed by atoms with Crippen LogP contribution in [0.25, 0.3) is 0 Å². The first-order valence-electron chi connectivity index (χ1n) is 5.13. The first-order chi connectivity index (χ1) is 8.02. The summed E-state index contributed by atoms with van der Waals surface area (Å²) in [6.45, 7) is 1.88. The van der Waals surface area contributed by atoms with Crippen molar-refractivity contribution in [2.75, 3.05) is 6.54 Å². The summed E-state index contributed by atoms with van der Waals surface area (Å²) < 4.78 is 0. The van der Waals surface area contributed by atoms with Crippen LogP contribution in [0, 0.1) is 5.92 Å².